The lowest BCUT2D eigenvalue weighted by molar-refractivity contribution is -0.0403. The van der Waals surface area contributed by atoms with Crippen LogP contribution in [0, 0.1) is 17.7 Å². The van der Waals surface area contributed by atoms with Gasteiger partial charge in [0.05, 0.1) is 18.7 Å². The van der Waals surface area contributed by atoms with Crippen molar-refractivity contribution in [3.63, 3.8) is 0 Å². The highest BCUT2D eigenvalue weighted by atomic mass is 19.1. The zero-order chi connectivity index (χ0) is 14.3. The lowest BCUT2D eigenvalue weighted by atomic mass is 10.0. The van der Waals surface area contributed by atoms with Gasteiger partial charge in [-0.2, -0.15) is 5.10 Å². The quantitative estimate of drug-likeness (QED) is 0.806. The monoisotopic (exact) mass is 276 g/mol. The summed E-state index contributed by atoms with van der Waals surface area (Å²) in [6, 6.07) is 4.46. The van der Waals surface area contributed by atoms with Gasteiger partial charge in [-0.3, -0.25) is 9.48 Å². The van der Waals surface area contributed by atoms with Gasteiger partial charge < -0.3 is 4.74 Å². The topological polar surface area (TPSA) is 44.1 Å². The van der Waals surface area contributed by atoms with Gasteiger partial charge in [0.15, 0.2) is 5.78 Å². The molecule has 1 fully saturated rings. The highest BCUT2D eigenvalue weighted by Crippen LogP contribution is 2.24. The molecular weight excluding hydrogens is 259 g/mol. The number of ketones is 1. The highest BCUT2D eigenvalue weighted by molar-refractivity contribution is 6.06. The Labute approximate surface area is 116 Å². The first-order chi connectivity index (χ1) is 9.56. The number of benzene rings is 1. The second-order valence-electron chi connectivity index (χ2n) is 5.61. The summed E-state index contributed by atoms with van der Waals surface area (Å²) >= 11 is 0. The summed E-state index contributed by atoms with van der Waals surface area (Å²) in [5.41, 5.74) is 1.12. The number of rotatable bonds is 4. The summed E-state index contributed by atoms with van der Waals surface area (Å²) in [6.07, 6.45) is 0. The SMILES string of the molecule is CC(C)C(=O)c1nn(CC2COC2)c2cc(F)ccc12. The number of carbonyl (C=O) groups excluding carboxylic acids is 1. The lowest BCUT2D eigenvalue weighted by Gasteiger charge is -2.25. The van der Waals surface area contributed by atoms with Crippen LogP contribution >= 0.6 is 0 Å². The third-order valence-electron chi connectivity index (χ3n) is 3.61. The summed E-state index contributed by atoms with van der Waals surface area (Å²) < 4.78 is 20.4. The fourth-order valence-electron chi connectivity index (χ4n) is 2.38. The smallest absolute Gasteiger partial charge is 0.186 e. The van der Waals surface area contributed by atoms with Crippen LogP contribution in [0.4, 0.5) is 4.39 Å². The molecule has 0 atom stereocenters. The van der Waals surface area contributed by atoms with Gasteiger partial charge in [0.2, 0.25) is 0 Å². The van der Waals surface area contributed by atoms with Gasteiger partial charge in [0.1, 0.15) is 11.5 Å². The van der Waals surface area contributed by atoms with Crippen LogP contribution in [0.3, 0.4) is 0 Å². The van der Waals surface area contributed by atoms with Gasteiger partial charge in [0.25, 0.3) is 0 Å². The molecule has 5 heteroatoms. The summed E-state index contributed by atoms with van der Waals surface area (Å²) in [6.45, 7) is 5.74. The van der Waals surface area contributed by atoms with Crippen LogP contribution in [0.15, 0.2) is 18.2 Å². The standard InChI is InChI=1S/C15H17FN2O2/c1-9(2)15(19)14-12-4-3-11(16)5-13(12)18(17-14)6-10-7-20-8-10/h3-5,9-10H,6-8H2,1-2H3. The fraction of sp³-hybridized carbons (Fsp3) is 0.467. The minimum absolute atomic E-state index is 0.00906. The largest absolute Gasteiger partial charge is 0.381 e. The van der Waals surface area contributed by atoms with Gasteiger partial charge in [-0.25, -0.2) is 4.39 Å². The van der Waals surface area contributed by atoms with E-state index in [1.54, 1.807) is 10.7 Å². The second-order valence-corrected chi connectivity index (χ2v) is 5.61. The summed E-state index contributed by atoms with van der Waals surface area (Å²) in [5.74, 6) is -0.0562. The van der Waals surface area contributed by atoms with Crippen molar-refractivity contribution >= 4 is 16.7 Å². The molecule has 1 aromatic carbocycles. The molecule has 0 saturated carbocycles. The number of hydrogen-bond acceptors (Lipinski definition) is 3. The van der Waals surface area contributed by atoms with Crippen molar-refractivity contribution in [3.05, 3.63) is 29.7 Å². The molecule has 2 aromatic rings. The van der Waals surface area contributed by atoms with E-state index in [-0.39, 0.29) is 17.5 Å². The molecule has 0 unspecified atom stereocenters. The van der Waals surface area contributed by atoms with E-state index in [0.29, 0.717) is 36.9 Å². The molecule has 1 aliphatic heterocycles. The van der Waals surface area contributed by atoms with Gasteiger partial charge in [0, 0.05) is 23.8 Å². The van der Waals surface area contributed by atoms with Crippen LogP contribution in [-0.2, 0) is 11.3 Å². The van der Waals surface area contributed by atoms with Crippen molar-refractivity contribution < 1.29 is 13.9 Å². The van der Waals surface area contributed by atoms with E-state index in [1.807, 2.05) is 13.8 Å². The Hall–Kier alpha value is -1.75. The van der Waals surface area contributed by atoms with E-state index in [2.05, 4.69) is 5.10 Å². The van der Waals surface area contributed by atoms with Gasteiger partial charge >= 0.3 is 0 Å². The Morgan fingerprint density at radius 2 is 2.25 bits per heavy atom. The van der Waals surface area contributed by atoms with Crippen LogP contribution in [0.2, 0.25) is 0 Å². The third-order valence-corrected chi connectivity index (χ3v) is 3.61. The van der Waals surface area contributed by atoms with Crippen LogP contribution in [0.25, 0.3) is 10.9 Å². The molecule has 1 aliphatic rings. The zero-order valence-electron chi connectivity index (χ0n) is 11.6. The Morgan fingerprint density at radius 3 is 2.85 bits per heavy atom. The Bertz CT molecular complexity index is 659. The first kappa shape index (κ1) is 13.2. The molecule has 4 nitrogen and oxygen atoms in total. The lowest BCUT2D eigenvalue weighted by Crippen LogP contribution is -2.31. The average Bonchev–Trinajstić information content (AvgIpc) is 2.70. The number of fused-ring (bicyclic) bond motifs is 1. The van der Waals surface area contributed by atoms with E-state index in [1.165, 1.54) is 12.1 Å². The molecule has 20 heavy (non-hydrogen) atoms. The molecule has 0 aliphatic carbocycles. The molecule has 0 bridgehead atoms. The molecule has 2 heterocycles. The maximum absolute atomic E-state index is 13.5. The average molecular weight is 276 g/mol. The minimum Gasteiger partial charge on any atom is -0.381 e. The Balaban J connectivity index is 2.08. The van der Waals surface area contributed by atoms with E-state index >= 15 is 0 Å². The number of ether oxygens (including phenoxy) is 1. The van der Waals surface area contributed by atoms with Crippen molar-refractivity contribution in [1.82, 2.24) is 9.78 Å². The highest BCUT2D eigenvalue weighted by Gasteiger charge is 2.24. The first-order valence-electron chi connectivity index (χ1n) is 6.84. The number of nitrogens with zero attached hydrogens (tertiary/aromatic N) is 2. The molecule has 0 radical (unpaired) electrons. The van der Waals surface area contributed by atoms with Crippen LogP contribution in [-0.4, -0.2) is 28.8 Å². The molecule has 0 N–H and O–H groups in total. The van der Waals surface area contributed by atoms with E-state index in [4.69, 9.17) is 4.74 Å². The maximum Gasteiger partial charge on any atom is 0.186 e. The van der Waals surface area contributed by atoms with Gasteiger partial charge in [-0.05, 0) is 18.2 Å². The molecule has 106 valence electrons. The number of halogens is 1. The molecule has 3 rings (SSSR count). The van der Waals surface area contributed by atoms with Crippen molar-refractivity contribution in [2.45, 2.75) is 20.4 Å². The van der Waals surface area contributed by atoms with E-state index in [9.17, 15) is 9.18 Å². The van der Waals surface area contributed by atoms with Crippen LogP contribution in [0.5, 0.6) is 0 Å². The summed E-state index contributed by atoms with van der Waals surface area (Å²) in [7, 11) is 0. The van der Waals surface area contributed by atoms with Gasteiger partial charge in [-0.1, -0.05) is 13.8 Å². The molecule has 1 aromatic heterocycles. The predicted octanol–water partition coefficient (Wildman–Crippen LogP) is 2.66. The maximum atomic E-state index is 13.5. The van der Waals surface area contributed by atoms with Crippen LogP contribution in [0.1, 0.15) is 24.3 Å². The van der Waals surface area contributed by atoms with Crippen molar-refractivity contribution in [3.8, 4) is 0 Å². The number of carbonyl (C=O) groups is 1. The number of Topliss-reactive ketones (excluding diaryl/α,β-unsaturated/α-hetero) is 1. The number of aromatic nitrogens is 2. The third kappa shape index (κ3) is 2.22. The summed E-state index contributed by atoms with van der Waals surface area (Å²) in [4.78, 5) is 12.2. The van der Waals surface area contributed by atoms with Crippen molar-refractivity contribution in [2.75, 3.05) is 13.2 Å². The van der Waals surface area contributed by atoms with Crippen molar-refractivity contribution in [2.24, 2.45) is 11.8 Å². The molecule has 0 spiro atoms. The normalized spacial score (nSPS) is 15.8. The summed E-state index contributed by atoms with van der Waals surface area (Å²) in [5, 5.41) is 5.15. The van der Waals surface area contributed by atoms with E-state index < -0.39 is 0 Å². The zero-order valence-corrected chi connectivity index (χ0v) is 11.6. The van der Waals surface area contributed by atoms with Crippen molar-refractivity contribution in [1.29, 1.82) is 0 Å². The first-order valence-corrected chi connectivity index (χ1v) is 6.84. The predicted molar refractivity (Wildman–Crippen MR) is 73.2 cm³/mol. The molecule has 1 saturated heterocycles. The van der Waals surface area contributed by atoms with Crippen LogP contribution < -0.4 is 0 Å². The Kier molecular flexibility index (Phi) is 3.30. The fourth-order valence-corrected chi connectivity index (χ4v) is 2.38. The molecule has 0 amide bonds. The van der Waals surface area contributed by atoms with Gasteiger partial charge in [-0.15, -0.1) is 0 Å². The number of hydrogen-bond donors (Lipinski definition) is 0. The second kappa shape index (κ2) is 4.98. The minimum atomic E-state index is -0.313. The van der Waals surface area contributed by atoms with E-state index in [0.717, 1.165) is 5.39 Å². The Morgan fingerprint density at radius 1 is 1.50 bits per heavy atom. The molecular formula is C15H17FN2O2.